The lowest BCUT2D eigenvalue weighted by molar-refractivity contribution is 0.0566. The minimum Gasteiger partial charge on any atom is -0.463 e. The van der Waals surface area contributed by atoms with Crippen molar-refractivity contribution < 1.29 is 13.9 Å². The molecule has 0 aliphatic rings. The van der Waals surface area contributed by atoms with Gasteiger partial charge in [0.2, 0.25) is 5.76 Å². The van der Waals surface area contributed by atoms with Crippen molar-refractivity contribution in [3.8, 4) is 11.1 Å². The highest BCUT2D eigenvalue weighted by atomic mass is 35.5. The average molecular weight is 301 g/mol. The number of carbonyl (C=O) groups excluding carboxylic acids is 1. The van der Waals surface area contributed by atoms with E-state index in [1.54, 1.807) is 0 Å². The molecule has 0 aliphatic heterocycles. The maximum Gasteiger partial charge on any atom is 0.374 e. The third kappa shape index (κ3) is 2.41. The second-order valence-electron chi connectivity index (χ2n) is 4.77. The number of hydrogen-bond acceptors (Lipinski definition) is 3. The predicted octanol–water partition coefficient (Wildman–Crippen LogP) is 4.85. The van der Waals surface area contributed by atoms with Crippen LogP contribution in [0.15, 0.2) is 46.9 Å². The van der Waals surface area contributed by atoms with Crippen LogP contribution in [0.4, 0.5) is 0 Å². The fourth-order valence-corrected chi connectivity index (χ4v) is 2.46. The van der Waals surface area contributed by atoms with E-state index < -0.39 is 5.97 Å². The number of halogens is 1. The van der Waals surface area contributed by atoms with E-state index in [1.807, 2.05) is 49.4 Å². The molecule has 0 bridgehead atoms. The van der Waals surface area contributed by atoms with E-state index in [0.29, 0.717) is 10.6 Å². The van der Waals surface area contributed by atoms with Gasteiger partial charge in [-0.1, -0.05) is 29.8 Å². The fourth-order valence-electron chi connectivity index (χ4n) is 2.33. The number of hydrogen-bond donors (Lipinski definition) is 0. The lowest BCUT2D eigenvalue weighted by Gasteiger charge is -2.02. The highest BCUT2D eigenvalue weighted by Gasteiger charge is 2.18. The first-order valence-corrected chi connectivity index (χ1v) is 6.85. The van der Waals surface area contributed by atoms with Gasteiger partial charge in [0.1, 0.15) is 5.58 Å². The number of esters is 1. The number of aryl methyl sites for hydroxylation is 1. The molecule has 0 atom stereocenters. The smallest absolute Gasteiger partial charge is 0.374 e. The summed E-state index contributed by atoms with van der Waals surface area (Å²) in [4.78, 5) is 11.7. The Kier molecular flexibility index (Phi) is 3.43. The van der Waals surface area contributed by atoms with Crippen LogP contribution in [-0.2, 0) is 4.74 Å². The van der Waals surface area contributed by atoms with Crippen LogP contribution in [0.1, 0.15) is 16.1 Å². The van der Waals surface area contributed by atoms with Gasteiger partial charge in [-0.15, -0.1) is 0 Å². The second kappa shape index (κ2) is 5.26. The zero-order valence-electron chi connectivity index (χ0n) is 11.6. The zero-order chi connectivity index (χ0) is 15.0. The molecule has 4 heteroatoms. The summed E-state index contributed by atoms with van der Waals surface area (Å²) in [5.41, 5.74) is 3.55. The largest absolute Gasteiger partial charge is 0.463 e. The molecule has 1 heterocycles. The molecule has 106 valence electrons. The van der Waals surface area contributed by atoms with Crippen LogP contribution >= 0.6 is 11.6 Å². The van der Waals surface area contributed by atoms with Crippen LogP contribution in [0, 0.1) is 6.92 Å². The van der Waals surface area contributed by atoms with Gasteiger partial charge in [0.15, 0.2) is 0 Å². The monoisotopic (exact) mass is 300 g/mol. The van der Waals surface area contributed by atoms with E-state index in [9.17, 15) is 4.79 Å². The van der Waals surface area contributed by atoms with E-state index >= 15 is 0 Å². The molecule has 0 fully saturated rings. The molecule has 0 amide bonds. The summed E-state index contributed by atoms with van der Waals surface area (Å²) < 4.78 is 10.3. The summed E-state index contributed by atoms with van der Waals surface area (Å²) >= 11 is 5.91. The Labute approximate surface area is 127 Å². The number of fused-ring (bicyclic) bond motifs is 1. The number of ether oxygens (including phenoxy) is 1. The fraction of sp³-hybridized carbons (Fsp3) is 0.118. The van der Waals surface area contributed by atoms with Gasteiger partial charge in [-0.2, -0.15) is 0 Å². The molecule has 0 spiro atoms. The first kappa shape index (κ1) is 13.7. The summed E-state index contributed by atoms with van der Waals surface area (Å²) in [7, 11) is 1.34. The number of benzene rings is 2. The third-order valence-electron chi connectivity index (χ3n) is 3.48. The number of furan rings is 1. The van der Waals surface area contributed by atoms with E-state index in [4.69, 9.17) is 20.8 Å². The van der Waals surface area contributed by atoms with Crippen molar-refractivity contribution in [2.45, 2.75) is 6.92 Å². The van der Waals surface area contributed by atoms with Gasteiger partial charge in [-0.3, -0.25) is 0 Å². The second-order valence-corrected chi connectivity index (χ2v) is 5.20. The van der Waals surface area contributed by atoms with Crippen LogP contribution in [0.5, 0.6) is 0 Å². The van der Waals surface area contributed by atoms with Crippen LogP contribution in [0.3, 0.4) is 0 Å². The minimum atomic E-state index is -0.461. The molecule has 3 aromatic rings. The Bertz CT molecular complexity index is 816. The van der Waals surface area contributed by atoms with Crippen molar-refractivity contribution in [3.05, 3.63) is 58.8 Å². The molecule has 0 N–H and O–H groups in total. The van der Waals surface area contributed by atoms with Crippen molar-refractivity contribution in [2.75, 3.05) is 7.11 Å². The molecule has 3 rings (SSSR count). The summed E-state index contributed by atoms with van der Waals surface area (Å²) in [6.07, 6.45) is 0. The Morgan fingerprint density at radius 3 is 2.43 bits per heavy atom. The van der Waals surface area contributed by atoms with E-state index in [1.165, 1.54) is 7.11 Å². The van der Waals surface area contributed by atoms with E-state index in [2.05, 4.69) is 0 Å². The first-order valence-electron chi connectivity index (χ1n) is 6.47. The lowest BCUT2D eigenvalue weighted by atomic mass is 10.0. The third-order valence-corrected chi connectivity index (χ3v) is 3.74. The van der Waals surface area contributed by atoms with Gasteiger partial charge in [0.05, 0.1) is 7.11 Å². The summed E-state index contributed by atoms with van der Waals surface area (Å²) in [6, 6.07) is 13.4. The Balaban J connectivity index is 2.13. The van der Waals surface area contributed by atoms with Crippen molar-refractivity contribution >= 4 is 28.5 Å². The normalized spacial score (nSPS) is 10.8. The topological polar surface area (TPSA) is 39.4 Å². The highest BCUT2D eigenvalue weighted by Crippen LogP contribution is 2.30. The molecule has 0 saturated heterocycles. The molecule has 0 radical (unpaired) electrons. The predicted molar refractivity (Wildman–Crippen MR) is 82.7 cm³/mol. The van der Waals surface area contributed by atoms with Crippen molar-refractivity contribution in [1.29, 1.82) is 0 Å². The zero-order valence-corrected chi connectivity index (χ0v) is 12.4. The molecule has 21 heavy (non-hydrogen) atoms. The van der Waals surface area contributed by atoms with Gasteiger partial charge < -0.3 is 9.15 Å². The Hall–Kier alpha value is -2.26. The molecule has 3 nitrogen and oxygen atoms in total. The van der Waals surface area contributed by atoms with Crippen molar-refractivity contribution in [2.24, 2.45) is 0 Å². The minimum absolute atomic E-state index is 0.251. The molecule has 0 saturated carbocycles. The number of methoxy groups -OCH3 is 1. The van der Waals surface area contributed by atoms with Crippen molar-refractivity contribution in [1.82, 2.24) is 0 Å². The molecule has 1 aromatic heterocycles. The highest BCUT2D eigenvalue weighted by molar-refractivity contribution is 6.30. The maximum absolute atomic E-state index is 11.7. The van der Waals surface area contributed by atoms with Gasteiger partial charge >= 0.3 is 5.97 Å². The molecule has 0 aliphatic carbocycles. The SMILES string of the molecule is COC(=O)c1oc2ccc(-c3ccc(Cl)cc3)cc2c1C. The quantitative estimate of drug-likeness (QED) is 0.635. The molecular formula is C17H13ClO3. The number of rotatable bonds is 2. The van der Waals surface area contributed by atoms with Gasteiger partial charge in [0.25, 0.3) is 0 Å². The van der Waals surface area contributed by atoms with Crippen molar-refractivity contribution in [3.63, 3.8) is 0 Å². The maximum atomic E-state index is 11.7. The number of carbonyl (C=O) groups is 1. The van der Waals surface area contributed by atoms with Gasteiger partial charge in [-0.25, -0.2) is 4.79 Å². The van der Waals surface area contributed by atoms with Crippen LogP contribution in [0.25, 0.3) is 22.1 Å². The average Bonchev–Trinajstić information content (AvgIpc) is 2.84. The lowest BCUT2D eigenvalue weighted by Crippen LogP contribution is -2.00. The first-order chi connectivity index (χ1) is 10.1. The summed E-state index contributed by atoms with van der Waals surface area (Å²) in [5.74, 6) is -0.211. The van der Waals surface area contributed by atoms with Crippen LogP contribution in [-0.4, -0.2) is 13.1 Å². The molecule has 2 aromatic carbocycles. The summed E-state index contributed by atoms with van der Waals surface area (Å²) in [6.45, 7) is 1.85. The van der Waals surface area contributed by atoms with Gasteiger partial charge in [0, 0.05) is 16.0 Å². The molecular weight excluding hydrogens is 288 g/mol. The van der Waals surface area contributed by atoms with E-state index in [-0.39, 0.29) is 5.76 Å². The standard InChI is InChI=1S/C17H13ClO3/c1-10-14-9-12(11-3-6-13(18)7-4-11)5-8-15(14)21-16(10)17(19)20-2/h3-9H,1-2H3. The Morgan fingerprint density at radius 1 is 1.10 bits per heavy atom. The molecule has 0 unspecified atom stereocenters. The Morgan fingerprint density at radius 2 is 1.76 bits per heavy atom. The van der Waals surface area contributed by atoms with Crippen LogP contribution < -0.4 is 0 Å². The van der Waals surface area contributed by atoms with E-state index in [0.717, 1.165) is 22.1 Å². The van der Waals surface area contributed by atoms with Gasteiger partial charge in [-0.05, 0) is 42.3 Å². The summed E-state index contributed by atoms with van der Waals surface area (Å²) in [5, 5.41) is 1.61. The van der Waals surface area contributed by atoms with Crippen LogP contribution in [0.2, 0.25) is 5.02 Å².